The van der Waals surface area contributed by atoms with Crippen molar-refractivity contribution in [3.05, 3.63) is 76.7 Å². The second-order valence-corrected chi connectivity index (χ2v) is 6.49. The number of aromatic nitrogens is 2. The summed E-state index contributed by atoms with van der Waals surface area (Å²) in [4.78, 5) is 21.0. The molecule has 0 bridgehead atoms. The van der Waals surface area contributed by atoms with Crippen molar-refractivity contribution in [2.75, 3.05) is 0 Å². The summed E-state index contributed by atoms with van der Waals surface area (Å²) in [5, 5.41) is 16.4. The van der Waals surface area contributed by atoms with E-state index in [0.717, 1.165) is 16.3 Å². The highest BCUT2D eigenvalue weighted by Gasteiger charge is 2.15. The summed E-state index contributed by atoms with van der Waals surface area (Å²) >= 11 is 1.47. The van der Waals surface area contributed by atoms with E-state index >= 15 is 0 Å². The Morgan fingerprint density at radius 3 is 2.85 bits per heavy atom. The number of nitrogens with one attached hydrogen (secondary N) is 1. The first-order valence-corrected chi connectivity index (χ1v) is 8.79. The van der Waals surface area contributed by atoms with Crippen LogP contribution in [0.3, 0.4) is 0 Å². The average molecular weight is 359 g/mol. The van der Waals surface area contributed by atoms with Gasteiger partial charge >= 0.3 is 0 Å². The number of amides is 1. The van der Waals surface area contributed by atoms with Crippen LogP contribution in [0.5, 0.6) is 5.75 Å². The van der Waals surface area contributed by atoms with Crippen LogP contribution in [0.25, 0.3) is 22.2 Å². The van der Waals surface area contributed by atoms with Crippen LogP contribution < -0.4 is 5.32 Å². The van der Waals surface area contributed by atoms with Gasteiger partial charge in [-0.2, -0.15) is 0 Å². The summed E-state index contributed by atoms with van der Waals surface area (Å²) in [5.41, 5.74) is 2.26. The third-order valence-electron chi connectivity index (χ3n) is 3.84. The number of thiazole rings is 1. The monoisotopic (exact) mass is 359 g/mol. The molecule has 26 heavy (non-hydrogen) atoms. The van der Waals surface area contributed by atoms with Gasteiger partial charge in [0, 0.05) is 17.1 Å². The first-order chi connectivity index (χ1) is 12.7. The van der Waals surface area contributed by atoms with Gasteiger partial charge in [0.2, 0.25) is 0 Å². The number of carbonyl (C=O) groups is 1. The fourth-order valence-electron chi connectivity index (χ4n) is 2.54. The lowest BCUT2D eigenvalue weighted by atomic mass is 10.1. The number of fused-ring (bicyclic) bond motifs is 1. The van der Waals surface area contributed by atoms with E-state index < -0.39 is 5.91 Å². The summed E-state index contributed by atoms with van der Waals surface area (Å²) in [6.07, 6.45) is 1.55. The van der Waals surface area contributed by atoms with E-state index in [0.29, 0.717) is 10.9 Å². The van der Waals surface area contributed by atoms with Crippen LogP contribution in [0.4, 0.5) is 0 Å². The molecule has 0 atom stereocenters. The van der Waals surface area contributed by atoms with Gasteiger partial charge in [-0.1, -0.05) is 42.5 Å². The van der Waals surface area contributed by atoms with E-state index in [-0.39, 0.29) is 17.9 Å². The first kappa shape index (κ1) is 16.1. The quantitative estimate of drug-likeness (QED) is 0.584. The largest absolute Gasteiger partial charge is 0.504 e. The zero-order valence-corrected chi connectivity index (χ0v) is 14.4. The summed E-state index contributed by atoms with van der Waals surface area (Å²) in [5.74, 6) is -0.635. The molecule has 2 aromatic heterocycles. The summed E-state index contributed by atoms with van der Waals surface area (Å²) < 4.78 is 0. The molecule has 0 aliphatic rings. The van der Waals surface area contributed by atoms with Gasteiger partial charge in [-0.25, -0.2) is 4.98 Å². The number of rotatable bonds is 4. The maximum Gasteiger partial charge on any atom is 0.264 e. The minimum atomic E-state index is -0.442. The summed E-state index contributed by atoms with van der Waals surface area (Å²) in [7, 11) is 0. The Kier molecular flexibility index (Phi) is 4.22. The van der Waals surface area contributed by atoms with E-state index in [4.69, 9.17) is 0 Å². The smallest absolute Gasteiger partial charge is 0.264 e. The molecule has 0 aliphatic heterocycles. The van der Waals surface area contributed by atoms with Crippen molar-refractivity contribution in [3.8, 4) is 17.0 Å². The predicted octanol–water partition coefficient (Wildman–Crippen LogP) is 3.59. The van der Waals surface area contributed by atoms with Gasteiger partial charge in [0.25, 0.3) is 5.91 Å². The molecule has 0 fully saturated rings. The molecule has 0 spiro atoms. The molecule has 5 nitrogen and oxygen atoms in total. The topological polar surface area (TPSA) is 75.1 Å². The molecular formula is C20H13N3O2S. The lowest BCUT2D eigenvalue weighted by molar-refractivity contribution is 0.0948. The van der Waals surface area contributed by atoms with Gasteiger partial charge in [-0.05, 0) is 12.1 Å². The Labute approximate surface area is 154 Å². The van der Waals surface area contributed by atoms with Crippen LogP contribution in [0.1, 0.15) is 15.4 Å². The van der Waals surface area contributed by atoms with Crippen LogP contribution in [0.15, 0.2) is 54.0 Å². The van der Waals surface area contributed by atoms with E-state index in [1.165, 1.54) is 11.3 Å². The third kappa shape index (κ3) is 3.08. The third-order valence-corrected chi connectivity index (χ3v) is 4.69. The molecule has 4 aromatic rings. The molecule has 0 saturated carbocycles. The molecule has 6 heteroatoms. The van der Waals surface area contributed by atoms with Crippen molar-refractivity contribution >= 4 is 28.1 Å². The minimum absolute atomic E-state index is 0.0241. The molecule has 1 amide bonds. The van der Waals surface area contributed by atoms with Gasteiger partial charge < -0.3 is 10.4 Å². The maximum atomic E-state index is 12.4. The SMILES string of the molecule is O=C(NCc1nc(-c2ccccc2)cs1)c1c#cc2cccnc2c1O. The lowest BCUT2D eigenvalue weighted by Gasteiger charge is -2.04. The highest BCUT2D eigenvalue weighted by atomic mass is 32.1. The molecule has 0 saturated heterocycles. The van der Waals surface area contributed by atoms with Crippen molar-refractivity contribution in [3.63, 3.8) is 0 Å². The average Bonchev–Trinajstić information content (AvgIpc) is 3.16. The highest BCUT2D eigenvalue weighted by molar-refractivity contribution is 7.09. The zero-order valence-electron chi connectivity index (χ0n) is 13.6. The van der Waals surface area contributed by atoms with Gasteiger partial charge in [0.15, 0.2) is 5.75 Å². The van der Waals surface area contributed by atoms with Crippen LogP contribution >= 0.6 is 11.3 Å². The van der Waals surface area contributed by atoms with Crippen molar-refractivity contribution in [1.29, 1.82) is 0 Å². The Morgan fingerprint density at radius 2 is 2.00 bits per heavy atom. The van der Waals surface area contributed by atoms with Gasteiger partial charge in [-0.3, -0.25) is 9.78 Å². The van der Waals surface area contributed by atoms with E-state index in [1.54, 1.807) is 18.3 Å². The Morgan fingerprint density at radius 1 is 1.15 bits per heavy atom. The van der Waals surface area contributed by atoms with Gasteiger partial charge in [-0.15, -0.1) is 11.3 Å². The Bertz CT molecular complexity index is 1080. The highest BCUT2D eigenvalue weighted by Crippen LogP contribution is 2.24. The van der Waals surface area contributed by atoms with Crippen LogP contribution in [0.2, 0.25) is 0 Å². The fraction of sp³-hybridized carbons (Fsp3) is 0.0500. The number of carbonyl (C=O) groups excluding carboxylic acids is 1. The van der Waals surface area contributed by atoms with E-state index in [9.17, 15) is 9.90 Å². The van der Waals surface area contributed by atoms with Crippen molar-refractivity contribution in [1.82, 2.24) is 15.3 Å². The fourth-order valence-corrected chi connectivity index (χ4v) is 3.29. The molecule has 126 valence electrons. The molecule has 4 rings (SSSR count). The van der Waals surface area contributed by atoms with Crippen LogP contribution in [0, 0.1) is 12.1 Å². The van der Waals surface area contributed by atoms with Crippen molar-refractivity contribution in [2.45, 2.75) is 6.54 Å². The standard InChI is InChI=1S/C20H13N3O2S/c24-19-15(9-8-14-7-4-10-21-18(14)19)20(25)22-11-17-23-16(12-26-17)13-5-2-1-3-6-13/h1-7,10,12,24H,11H2,(H,22,25). The van der Waals surface area contributed by atoms with E-state index in [1.807, 2.05) is 35.7 Å². The minimum Gasteiger partial charge on any atom is -0.504 e. The summed E-state index contributed by atoms with van der Waals surface area (Å²) in [6.45, 7) is 0.268. The zero-order chi connectivity index (χ0) is 17.9. The second kappa shape index (κ2) is 6.82. The van der Waals surface area contributed by atoms with Crippen LogP contribution in [-0.2, 0) is 6.54 Å². The normalized spacial score (nSPS) is 10.5. The van der Waals surface area contributed by atoms with E-state index in [2.05, 4.69) is 27.4 Å². The number of hydrogen-bond donors (Lipinski definition) is 2. The lowest BCUT2D eigenvalue weighted by Crippen LogP contribution is -2.22. The van der Waals surface area contributed by atoms with Crippen molar-refractivity contribution in [2.24, 2.45) is 0 Å². The molecule has 0 unspecified atom stereocenters. The molecule has 2 aromatic carbocycles. The molecule has 0 aliphatic carbocycles. The Hall–Kier alpha value is -3.43. The maximum absolute atomic E-state index is 12.4. The number of benzene rings is 1. The molecule has 2 heterocycles. The van der Waals surface area contributed by atoms with Crippen LogP contribution in [-0.4, -0.2) is 21.0 Å². The summed E-state index contributed by atoms with van der Waals surface area (Å²) in [6, 6.07) is 18.9. The number of pyridine rings is 1. The number of aromatic hydroxyl groups is 1. The molecule has 2 N–H and O–H groups in total. The first-order valence-electron chi connectivity index (χ1n) is 7.91. The number of nitrogens with zero attached hydrogens (tertiary/aromatic N) is 2. The van der Waals surface area contributed by atoms with Gasteiger partial charge in [0.1, 0.15) is 16.1 Å². The Balaban J connectivity index is 1.49. The second-order valence-electron chi connectivity index (χ2n) is 5.55. The predicted molar refractivity (Wildman–Crippen MR) is 99.8 cm³/mol. The molecule has 0 radical (unpaired) electrons. The van der Waals surface area contributed by atoms with Gasteiger partial charge in [0.05, 0.1) is 17.6 Å². The number of hydrogen-bond acceptors (Lipinski definition) is 5. The molecular weight excluding hydrogens is 346 g/mol. The van der Waals surface area contributed by atoms with Crippen molar-refractivity contribution < 1.29 is 9.90 Å².